The zero-order valence-corrected chi connectivity index (χ0v) is 9.68. The number of hydrogen-bond acceptors (Lipinski definition) is 4. The Morgan fingerprint density at radius 2 is 2.00 bits per heavy atom. The van der Waals surface area contributed by atoms with E-state index < -0.39 is 29.0 Å². The predicted molar refractivity (Wildman–Crippen MR) is 54.2 cm³/mol. The molecule has 0 saturated heterocycles. The Hall–Kier alpha value is -0.500. The van der Waals surface area contributed by atoms with Crippen LogP contribution in [-0.2, 0) is 7.63 Å². The quantitative estimate of drug-likeness (QED) is 0.570. The molecule has 14 heavy (non-hydrogen) atoms. The van der Waals surface area contributed by atoms with Gasteiger partial charge in [-0.15, -0.1) is 0 Å². The van der Waals surface area contributed by atoms with Gasteiger partial charge in [-0.1, -0.05) is 0 Å². The second kappa shape index (κ2) is 4.35. The number of benzene rings is 1. The Bertz CT molecular complexity index is 399. The molecule has 0 bridgehead atoms. The number of halogens is 1. The summed E-state index contributed by atoms with van der Waals surface area (Å²) in [6.45, 7) is 0. The number of hydrogen-bond donors (Lipinski definition) is 3. The number of aromatic hydroxyl groups is 1. The molecule has 6 nitrogen and oxygen atoms in total. The summed E-state index contributed by atoms with van der Waals surface area (Å²) >= 11 is -1.61. The van der Waals surface area contributed by atoms with E-state index in [1.54, 1.807) is 0 Å². The molecule has 0 unspecified atom stereocenters. The number of phenols is 1. The Balaban J connectivity index is 3.11. The van der Waals surface area contributed by atoms with Gasteiger partial charge >= 0.3 is 7.82 Å². The minimum absolute atomic E-state index is 0.185. The fraction of sp³-hybridized carbons (Fsp3) is 0. The summed E-state index contributed by atoms with van der Waals surface area (Å²) in [6, 6.07) is 3.56. The van der Waals surface area contributed by atoms with Gasteiger partial charge in [0.15, 0.2) is 26.9 Å². The molecule has 0 aliphatic heterocycles. The molecule has 0 aliphatic carbocycles. The van der Waals surface area contributed by atoms with Crippen LogP contribution in [0.2, 0.25) is 0 Å². The second-order valence-corrected chi connectivity index (χ2v) is 5.04. The third-order valence-corrected chi connectivity index (χ3v) is 3.02. The lowest BCUT2D eigenvalue weighted by atomic mass is 10.3. The third-order valence-electron chi connectivity index (χ3n) is 1.22. The summed E-state index contributed by atoms with van der Waals surface area (Å²) in [5, 5.41) is 9.01. The average molecular weight is 332 g/mol. The van der Waals surface area contributed by atoms with Crippen molar-refractivity contribution in [2.24, 2.45) is 0 Å². The van der Waals surface area contributed by atoms with E-state index in [0.29, 0.717) is 0 Å². The van der Waals surface area contributed by atoms with Crippen molar-refractivity contribution in [1.29, 1.82) is 0 Å². The van der Waals surface area contributed by atoms with Gasteiger partial charge in [0.2, 0.25) is 0 Å². The van der Waals surface area contributed by atoms with Gasteiger partial charge in [0.25, 0.3) is 0 Å². The van der Waals surface area contributed by atoms with Crippen LogP contribution in [-0.4, -0.2) is 14.9 Å². The standard InChI is InChI=1S/C6H6IO6P/c8-4-1-2-5(7-9)6(3-4)13-14(10,11)12/h1-3,8H,(H2,10,11,12). The van der Waals surface area contributed by atoms with Crippen molar-refractivity contribution in [1.82, 2.24) is 0 Å². The highest BCUT2D eigenvalue weighted by Gasteiger charge is 2.18. The molecule has 0 heterocycles. The summed E-state index contributed by atoms with van der Waals surface area (Å²) in [4.78, 5) is 17.0. The molecule has 78 valence electrons. The maximum atomic E-state index is 10.6. The van der Waals surface area contributed by atoms with Gasteiger partial charge in [-0.3, -0.25) is 12.9 Å². The van der Waals surface area contributed by atoms with Crippen LogP contribution in [0, 0.1) is 3.57 Å². The van der Waals surface area contributed by atoms with Gasteiger partial charge in [0.05, 0.1) is 3.57 Å². The van der Waals surface area contributed by atoms with Crippen LogP contribution in [0.25, 0.3) is 0 Å². The van der Waals surface area contributed by atoms with Crippen molar-refractivity contribution in [3.8, 4) is 11.5 Å². The Labute approximate surface area is 89.4 Å². The predicted octanol–water partition coefficient (Wildman–Crippen LogP) is 1.35. The molecule has 0 radical (unpaired) electrons. The second-order valence-electron chi connectivity index (χ2n) is 2.27. The number of phosphoric acid groups is 1. The molecular weight excluding hydrogens is 326 g/mol. The average Bonchev–Trinajstić information content (AvgIpc) is 2.01. The van der Waals surface area contributed by atoms with E-state index >= 15 is 0 Å². The van der Waals surface area contributed by atoms with E-state index in [1.807, 2.05) is 0 Å². The van der Waals surface area contributed by atoms with Gasteiger partial charge < -0.3 is 9.63 Å². The molecule has 0 fully saturated rings. The molecule has 1 aromatic carbocycles. The van der Waals surface area contributed by atoms with Gasteiger partial charge in [-0.05, 0) is 12.1 Å². The lowest BCUT2D eigenvalue weighted by Gasteiger charge is -2.07. The van der Waals surface area contributed by atoms with Crippen LogP contribution in [0.3, 0.4) is 0 Å². The van der Waals surface area contributed by atoms with Crippen molar-refractivity contribution < 1.29 is 27.1 Å². The normalized spacial score (nSPS) is 11.3. The minimum Gasteiger partial charge on any atom is -0.508 e. The van der Waals surface area contributed by atoms with Crippen molar-refractivity contribution in [3.05, 3.63) is 21.8 Å². The van der Waals surface area contributed by atoms with E-state index in [-0.39, 0.29) is 15.1 Å². The van der Waals surface area contributed by atoms with Gasteiger partial charge in [0.1, 0.15) is 5.75 Å². The first-order valence-corrected chi connectivity index (χ1v) is 6.76. The van der Waals surface area contributed by atoms with Crippen LogP contribution in [0.5, 0.6) is 11.5 Å². The zero-order chi connectivity index (χ0) is 10.8. The maximum absolute atomic E-state index is 10.6. The number of rotatable bonds is 3. The molecule has 0 amide bonds. The zero-order valence-electron chi connectivity index (χ0n) is 6.62. The molecule has 1 aromatic rings. The monoisotopic (exact) mass is 332 g/mol. The first kappa shape index (κ1) is 11.6. The van der Waals surface area contributed by atoms with E-state index in [0.717, 1.165) is 6.07 Å². The van der Waals surface area contributed by atoms with E-state index in [1.165, 1.54) is 12.1 Å². The summed E-state index contributed by atoms with van der Waals surface area (Å²) < 4.78 is 25.5. The topological polar surface area (TPSA) is 104 Å². The van der Waals surface area contributed by atoms with Gasteiger partial charge in [0, 0.05) is 6.07 Å². The van der Waals surface area contributed by atoms with Crippen molar-refractivity contribution in [3.63, 3.8) is 0 Å². The lowest BCUT2D eigenvalue weighted by Crippen LogP contribution is -1.92. The number of phenolic OH excluding ortho intramolecular Hbond substituents is 1. The molecule has 8 heteroatoms. The van der Waals surface area contributed by atoms with E-state index in [2.05, 4.69) is 4.52 Å². The fourth-order valence-electron chi connectivity index (χ4n) is 0.754. The highest BCUT2D eigenvalue weighted by Crippen LogP contribution is 2.41. The highest BCUT2D eigenvalue weighted by molar-refractivity contribution is 14.1. The Kier molecular flexibility index (Phi) is 3.59. The first-order chi connectivity index (χ1) is 6.42. The highest BCUT2D eigenvalue weighted by atomic mass is 127. The summed E-state index contributed by atoms with van der Waals surface area (Å²) in [5.41, 5.74) is 0. The van der Waals surface area contributed by atoms with Gasteiger partial charge in [-0.2, -0.15) is 0 Å². The summed E-state index contributed by atoms with van der Waals surface area (Å²) in [5.74, 6) is -0.462. The maximum Gasteiger partial charge on any atom is 0.524 e. The minimum atomic E-state index is -4.68. The third kappa shape index (κ3) is 3.33. The summed E-state index contributed by atoms with van der Waals surface area (Å²) in [7, 11) is -4.68. The Morgan fingerprint density at radius 1 is 1.36 bits per heavy atom. The van der Waals surface area contributed by atoms with Gasteiger partial charge in [-0.25, -0.2) is 4.57 Å². The van der Waals surface area contributed by atoms with Crippen LogP contribution >= 0.6 is 29.0 Å². The number of phosphoric ester groups is 1. The largest absolute Gasteiger partial charge is 0.524 e. The molecule has 1 rings (SSSR count). The van der Waals surface area contributed by atoms with Crippen molar-refractivity contribution in [2.75, 3.05) is 0 Å². The van der Waals surface area contributed by atoms with E-state index in [9.17, 15) is 7.63 Å². The fourth-order valence-corrected chi connectivity index (χ4v) is 2.14. The first-order valence-electron chi connectivity index (χ1n) is 3.27. The van der Waals surface area contributed by atoms with Crippen LogP contribution in [0.4, 0.5) is 0 Å². The molecular formula is C6H6IO6P. The molecule has 0 spiro atoms. The molecule has 0 saturated carbocycles. The molecule has 0 atom stereocenters. The molecule has 0 aliphatic rings. The van der Waals surface area contributed by atoms with Crippen LogP contribution in [0.1, 0.15) is 0 Å². The van der Waals surface area contributed by atoms with Crippen molar-refractivity contribution >= 4 is 29.0 Å². The van der Waals surface area contributed by atoms with Crippen LogP contribution < -0.4 is 4.52 Å². The van der Waals surface area contributed by atoms with Crippen LogP contribution in [0.15, 0.2) is 18.2 Å². The van der Waals surface area contributed by atoms with E-state index in [4.69, 9.17) is 14.9 Å². The molecule has 0 aromatic heterocycles. The SMILES string of the molecule is O=Ic1ccc(O)cc1OP(=O)(O)O. The van der Waals surface area contributed by atoms with Crippen molar-refractivity contribution in [2.45, 2.75) is 0 Å². The molecule has 3 N–H and O–H groups in total. The smallest absolute Gasteiger partial charge is 0.508 e. The summed E-state index contributed by atoms with van der Waals surface area (Å²) in [6.07, 6.45) is 0. The lowest BCUT2D eigenvalue weighted by molar-refractivity contribution is 0.282. The Morgan fingerprint density at radius 3 is 2.50 bits per heavy atom.